The number of benzene rings is 1. The fourth-order valence-electron chi connectivity index (χ4n) is 1.97. The van der Waals surface area contributed by atoms with Crippen molar-refractivity contribution in [3.8, 4) is 0 Å². The fourth-order valence-corrected chi connectivity index (χ4v) is 3.88. The van der Waals surface area contributed by atoms with Gasteiger partial charge in [-0.2, -0.15) is 0 Å². The monoisotopic (exact) mass is 326 g/mol. The zero-order valence-corrected chi connectivity index (χ0v) is 14.1. The highest BCUT2D eigenvalue weighted by Gasteiger charge is 2.21. The Balaban J connectivity index is 1.81. The zero-order valence-electron chi connectivity index (χ0n) is 12.5. The van der Waals surface area contributed by atoms with Gasteiger partial charge in [-0.1, -0.05) is 42.1 Å². The van der Waals surface area contributed by atoms with Gasteiger partial charge in [0.2, 0.25) is 0 Å². The first kappa shape index (κ1) is 16.7. The Kier molecular flexibility index (Phi) is 7.43. The van der Waals surface area contributed by atoms with Crippen molar-refractivity contribution >= 4 is 28.7 Å². The van der Waals surface area contributed by atoms with Crippen LogP contribution in [0.2, 0.25) is 0 Å². The van der Waals surface area contributed by atoms with Gasteiger partial charge in [0.15, 0.2) is 5.17 Å². The molecular weight excluding hydrogens is 304 g/mol. The molecule has 21 heavy (non-hydrogen) atoms. The molecule has 1 aliphatic rings. The van der Waals surface area contributed by atoms with E-state index in [0.29, 0.717) is 5.25 Å². The lowest BCUT2D eigenvalue weighted by Crippen LogP contribution is -2.36. The summed E-state index contributed by atoms with van der Waals surface area (Å²) in [5.41, 5.74) is 1.27. The lowest BCUT2D eigenvalue weighted by atomic mass is 10.2. The molecule has 1 N–H and O–H groups in total. The van der Waals surface area contributed by atoms with Gasteiger partial charge in [-0.3, -0.25) is 4.99 Å². The first-order valence-corrected chi connectivity index (χ1v) is 8.89. The summed E-state index contributed by atoms with van der Waals surface area (Å²) in [7, 11) is 3.48. The molecule has 0 aliphatic carbocycles. The SMILES string of the molecule is COCCSC1=NCC(SC(OC)c2ccccc2)CN1. The second-order valence-corrected chi connectivity index (χ2v) is 7.06. The average molecular weight is 326 g/mol. The summed E-state index contributed by atoms with van der Waals surface area (Å²) in [6, 6.07) is 10.3. The van der Waals surface area contributed by atoms with Crippen LogP contribution < -0.4 is 5.32 Å². The van der Waals surface area contributed by atoms with Crippen LogP contribution in [0.5, 0.6) is 0 Å². The molecule has 1 aromatic rings. The molecule has 0 aromatic heterocycles. The van der Waals surface area contributed by atoms with Gasteiger partial charge in [0.1, 0.15) is 5.44 Å². The maximum atomic E-state index is 5.61. The van der Waals surface area contributed by atoms with E-state index in [9.17, 15) is 0 Å². The van der Waals surface area contributed by atoms with Gasteiger partial charge < -0.3 is 14.8 Å². The van der Waals surface area contributed by atoms with E-state index >= 15 is 0 Å². The molecule has 6 heteroatoms. The number of amidine groups is 1. The van der Waals surface area contributed by atoms with Crippen LogP contribution in [0.3, 0.4) is 0 Å². The number of thioether (sulfide) groups is 2. The van der Waals surface area contributed by atoms with E-state index in [1.165, 1.54) is 5.56 Å². The summed E-state index contributed by atoms with van der Waals surface area (Å²) in [6.07, 6.45) is 0. The molecule has 0 saturated carbocycles. The number of hydrogen-bond donors (Lipinski definition) is 1. The Bertz CT molecular complexity index is 443. The third-order valence-electron chi connectivity index (χ3n) is 3.05. The first-order valence-electron chi connectivity index (χ1n) is 6.96. The third-order valence-corrected chi connectivity index (χ3v) is 5.38. The van der Waals surface area contributed by atoms with Crippen LogP contribution in [0.25, 0.3) is 0 Å². The number of hydrogen-bond acceptors (Lipinski definition) is 6. The third kappa shape index (κ3) is 5.54. The summed E-state index contributed by atoms with van der Waals surface area (Å²) in [4.78, 5) is 4.60. The molecule has 1 heterocycles. The van der Waals surface area contributed by atoms with E-state index < -0.39 is 0 Å². The van der Waals surface area contributed by atoms with Gasteiger partial charge >= 0.3 is 0 Å². The van der Waals surface area contributed by atoms with Gasteiger partial charge in [-0.15, -0.1) is 11.8 Å². The molecule has 2 rings (SSSR count). The van der Waals surface area contributed by atoms with Crippen molar-refractivity contribution in [2.45, 2.75) is 10.7 Å². The number of ether oxygens (including phenoxy) is 2. The minimum atomic E-state index is 0.0656. The molecule has 0 radical (unpaired) electrons. The summed E-state index contributed by atoms with van der Waals surface area (Å²) in [6.45, 7) is 2.51. The van der Waals surface area contributed by atoms with E-state index in [4.69, 9.17) is 9.47 Å². The molecule has 0 bridgehead atoms. The van der Waals surface area contributed by atoms with Crippen molar-refractivity contribution in [1.29, 1.82) is 0 Å². The van der Waals surface area contributed by atoms with E-state index in [-0.39, 0.29) is 5.44 Å². The highest BCUT2D eigenvalue weighted by atomic mass is 32.2. The number of nitrogens with one attached hydrogen (secondary N) is 1. The summed E-state index contributed by atoms with van der Waals surface area (Å²) in [5.74, 6) is 0.935. The van der Waals surface area contributed by atoms with E-state index in [0.717, 1.165) is 30.6 Å². The van der Waals surface area contributed by atoms with Gasteiger partial charge in [-0.25, -0.2) is 0 Å². The normalized spacial score (nSPS) is 19.7. The van der Waals surface area contributed by atoms with Crippen molar-refractivity contribution in [3.05, 3.63) is 35.9 Å². The van der Waals surface area contributed by atoms with Crippen LogP contribution in [0.1, 0.15) is 11.0 Å². The highest BCUT2D eigenvalue weighted by molar-refractivity contribution is 8.13. The smallest absolute Gasteiger partial charge is 0.156 e. The highest BCUT2D eigenvalue weighted by Crippen LogP contribution is 2.33. The molecule has 0 amide bonds. The fraction of sp³-hybridized carbons (Fsp3) is 0.533. The molecule has 1 aromatic carbocycles. The predicted molar refractivity (Wildman–Crippen MR) is 92.2 cm³/mol. The number of nitrogens with zero attached hydrogens (tertiary/aromatic N) is 1. The Morgan fingerprint density at radius 1 is 1.33 bits per heavy atom. The largest absolute Gasteiger partial charge is 0.384 e. The Labute approximate surface area is 135 Å². The molecule has 4 nitrogen and oxygen atoms in total. The predicted octanol–water partition coefficient (Wildman–Crippen LogP) is 2.77. The molecule has 0 fully saturated rings. The lowest BCUT2D eigenvalue weighted by molar-refractivity contribution is 0.175. The van der Waals surface area contributed by atoms with Crippen LogP contribution >= 0.6 is 23.5 Å². The van der Waals surface area contributed by atoms with Crippen molar-refractivity contribution in [1.82, 2.24) is 5.32 Å². The maximum absolute atomic E-state index is 5.61. The van der Waals surface area contributed by atoms with Crippen LogP contribution in [0.4, 0.5) is 0 Å². The minimum Gasteiger partial charge on any atom is -0.384 e. The first-order chi connectivity index (χ1) is 10.3. The van der Waals surface area contributed by atoms with E-state index in [1.54, 1.807) is 26.0 Å². The summed E-state index contributed by atoms with van der Waals surface area (Å²) in [5, 5.41) is 4.85. The van der Waals surface area contributed by atoms with Crippen LogP contribution in [-0.2, 0) is 9.47 Å². The topological polar surface area (TPSA) is 42.9 Å². The van der Waals surface area contributed by atoms with Crippen LogP contribution in [0.15, 0.2) is 35.3 Å². The zero-order chi connectivity index (χ0) is 14.9. The quantitative estimate of drug-likeness (QED) is 0.616. The van der Waals surface area contributed by atoms with Crippen molar-refractivity contribution in [3.63, 3.8) is 0 Å². The van der Waals surface area contributed by atoms with Gasteiger partial charge in [0.05, 0.1) is 13.2 Å². The number of methoxy groups -OCH3 is 2. The van der Waals surface area contributed by atoms with E-state index in [1.807, 2.05) is 30.0 Å². The number of aliphatic imine (C=N–C) groups is 1. The minimum absolute atomic E-state index is 0.0656. The Morgan fingerprint density at radius 3 is 2.76 bits per heavy atom. The van der Waals surface area contributed by atoms with Crippen molar-refractivity contribution < 1.29 is 9.47 Å². The standard InChI is InChI=1S/C15H22N2O2S2/c1-18-8-9-20-15-16-10-13(11-17-15)21-14(19-2)12-6-4-3-5-7-12/h3-7,13-14H,8-11H2,1-2H3,(H,16,17). The molecule has 0 saturated heterocycles. The van der Waals surface area contributed by atoms with Crippen LogP contribution in [0, 0.1) is 0 Å². The average Bonchev–Trinajstić information content (AvgIpc) is 2.55. The molecule has 0 spiro atoms. The van der Waals surface area contributed by atoms with Gasteiger partial charge in [0, 0.05) is 31.8 Å². The molecular formula is C15H22N2O2S2. The van der Waals surface area contributed by atoms with Crippen molar-refractivity contribution in [2.24, 2.45) is 4.99 Å². The molecule has 2 atom stereocenters. The van der Waals surface area contributed by atoms with Crippen LogP contribution in [-0.4, -0.2) is 50.1 Å². The second kappa shape index (κ2) is 9.35. The van der Waals surface area contributed by atoms with Gasteiger partial charge in [0.25, 0.3) is 0 Å². The number of rotatable bonds is 7. The molecule has 2 unspecified atom stereocenters. The second-order valence-electron chi connectivity index (χ2n) is 4.60. The van der Waals surface area contributed by atoms with Crippen molar-refractivity contribution in [2.75, 3.05) is 39.7 Å². The van der Waals surface area contributed by atoms with E-state index in [2.05, 4.69) is 22.4 Å². The molecule has 116 valence electrons. The summed E-state index contributed by atoms with van der Waals surface area (Å²) >= 11 is 3.54. The Morgan fingerprint density at radius 2 is 2.14 bits per heavy atom. The lowest BCUT2D eigenvalue weighted by Gasteiger charge is -2.25. The molecule has 1 aliphatic heterocycles. The maximum Gasteiger partial charge on any atom is 0.156 e. The summed E-state index contributed by atoms with van der Waals surface area (Å²) < 4.78 is 10.7. The Hall–Kier alpha value is -0.690. The van der Waals surface area contributed by atoms with Gasteiger partial charge in [-0.05, 0) is 5.56 Å².